The van der Waals surface area contributed by atoms with Gasteiger partial charge in [-0.15, -0.1) is 11.3 Å². The largest absolute Gasteiger partial charge is 0.493 e. The van der Waals surface area contributed by atoms with Gasteiger partial charge in [-0.1, -0.05) is 18.6 Å². The van der Waals surface area contributed by atoms with E-state index >= 15 is 0 Å². The third-order valence-electron chi connectivity index (χ3n) is 6.62. The molecule has 6 nitrogen and oxygen atoms in total. The van der Waals surface area contributed by atoms with Gasteiger partial charge in [0.05, 0.1) is 37.0 Å². The maximum absolute atomic E-state index is 13.3. The topological polar surface area (TPSA) is 54.9 Å². The fraction of sp³-hybridized carbons (Fsp3) is 0.440. The standard InChI is InChI=1S/C25H29N3O3S/c1-30-21-13-17-10-12-28(15-18(17)14-22(21)31-2)24(29)16-27-11-6-5-8-20(27)25-26-19-7-3-4-9-23(19)32-25/h3-4,7,9,13-14,20H,5-6,8,10-12,15-16H2,1-2H3/t20-/m1/s1. The van der Waals surface area contributed by atoms with Crippen LogP contribution in [0.5, 0.6) is 11.5 Å². The first kappa shape index (κ1) is 21.2. The molecule has 3 heterocycles. The molecule has 168 valence electrons. The minimum absolute atomic E-state index is 0.193. The third-order valence-corrected chi connectivity index (χ3v) is 7.76. The van der Waals surface area contributed by atoms with E-state index in [1.165, 1.54) is 16.7 Å². The van der Waals surface area contributed by atoms with Crippen LogP contribution in [0.4, 0.5) is 0 Å². The smallest absolute Gasteiger partial charge is 0.237 e. The fourth-order valence-electron chi connectivity index (χ4n) is 4.86. The van der Waals surface area contributed by atoms with Crippen LogP contribution in [0, 0.1) is 0 Å². The summed E-state index contributed by atoms with van der Waals surface area (Å²) in [5, 5.41) is 1.14. The van der Waals surface area contributed by atoms with Gasteiger partial charge >= 0.3 is 0 Å². The molecule has 2 aliphatic heterocycles. The molecule has 1 amide bonds. The molecule has 0 bridgehead atoms. The average Bonchev–Trinajstić information content (AvgIpc) is 3.27. The van der Waals surface area contributed by atoms with Crippen LogP contribution in [0.15, 0.2) is 36.4 Å². The van der Waals surface area contributed by atoms with Crippen molar-refractivity contribution in [3.8, 4) is 11.5 Å². The molecule has 32 heavy (non-hydrogen) atoms. The predicted octanol–water partition coefficient (Wildman–Crippen LogP) is 4.43. The number of para-hydroxylation sites is 1. The number of benzene rings is 2. The van der Waals surface area contributed by atoms with E-state index in [4.69, 9.17) is 14.5 Å². The maximum Gasteiger partial charge on any atom is 0.237 e. The zero-order valence-electron chi connectivity index (χ0n) is 18.7. The Morgan fingerprint density at radius 1 is 1.09 bits per heavy atom. The second kappa shape index (κ2) is 9.08. The number of amides is 1. The number of fused-ring (bicyclic) bond motifs is 2. The number of ether oxygens (including phenoxy) is 2. The van der Waals surface area contributed by atoms with E-state index in [9.17, 15) is 4.79 Å². The number of hydrogen-bond donors (Lipinski definition) is 0. The van der Waals surface area contributed by atoms with Crippen molar-refractivity contribution < 1.29 is 14.3 Å². The second-order valence-electron chi connectivity index (χ2n) is 8.54. The summed E-state index contributed by atoms with van der Waals surface area (Å²) < 4.78 is 12.1. The second-order valence-corrected chi connectivity index (χ2v) is 9.61. The molecule has 1 fully saturated rings. The lowest BCUT2D eigenvalue weighted by Crippen LogP contribution is -2.45. The SMILES string of the molecule is COc1cc2c(cc1OC)CN(C(=O)CN1CCCC[C@@H]1c1nc3ccccc3s1)CC2. The summed E-state index contributed by atoms with van der Waals surface area (Å²) in [5.74, 6) is 1.66. The molecule has 1 saturated heterocycles. The predicted molar refractivity (Wildman–Crippen MR) is 126 cm³/mol. The molecule has 0 spiro atoms. The number of carbonyl (C=O) groups excluding carboxylic acids is 1. The summed E-state index contributed by atoms with van der Waals surface area (Å²) in [5.41, 5.74) is 3.43. The van der Waals surface area contributed by atoms with Gasteiger partial charge in [0.2, 0.25) is 5.91 Å². The lowest BCUT2D eigenvalue weighted by Gasteiger charge is -2.36. The first-order valence-electron chi connectivity index (χ1n) is 11.3. The van der Waals surface area contributed by atoms with Crippen molar-refractivity contribution in [2.75, 3.05) is 33.9 Å². The van der Waals surface area contributed by atoms with Crippen LogP contribution < -0.4 is 9.47 Å². The average molecular weight is 452 g/mol. The summed E-state index contributed by atoms with van der Waals surface area (Å²) in [7, 11) is 3.30. The fourth-order valence-corrected chi connectivity index (χ4v) is 6.00. The van der Waals surface area contributed by atoms with E-state index in [2.05, 4.69) is 23.1 Å². The molecule has 5 rings (SSSR count). The van der Waals surface area contributed by atoms with Gasteiger partial charge in [0, 0.05) is 13.1 Å². The molecular weight excluding hydrogens is 422 g/mol. The van der Waals surface area contributed by atoms with Gasteiger partial charge in [-0.25, -0.2) is 4.98 Å². The quantitative estimate of drug-likeness (QED) is 0.575. The van der Waals surface area contributed by atoms with Crippen molar-refractivity contribution >= 4 is 27.5 Å². The Bertz CT molecular complexity index is 1100. The molecule has 7 heteroatoms. The molecule has 0 aliphatic carbocycles. The molecule has 2 aliphatic rings. The van der Waals surface area contributed by atoms with Crippen molar-refractivity contribution in [3.63, 3.8) is 0 Å². The zero-order valence-corrected chi connectivity index (χ0v) is 19.5. The Labute approximate surface area is 192 Å². The lowest BCUT2D eigenvalue weighted by atomic mass is 9.98. The van der Waals surface area contributed by atoms with Crippen LogP contribution in [0.1, 0.15) is 41.4 Å². The highest BCUT2D eigenvalue weighted by Crippen LogP contribution is 2.36. The summed E-state index contributed by atoms with van der Waals surface area (Å²) in [4.78, 5) is 22.5. The minimum Gasteiger partial charge on any atom is -0.493 e. The highest BCUT2D eigenvalue weighted by molar-refractivity contribution is 7.18. The molecule has 2 aromatic carbocycles. The van der Waals surface area contributed by atoms with Crippen LogP contribution in [0.2, 0.25) is 0 Å². The van der Waals surface area contributed by atoms with Gasteiger partial charge in [0.1, 0.15) is 5.01 Å². The van der Waals surface area contributed by atoms with Crippen molar-refractivity contribution in [2.24, 2.45) is 0 Å². The molecule has 0 N–H and O–H groups in total. The van der Waals surface area contributed by atoms with E-state index in [0.717, 1.165) is 54.2 Å². The normalized spacial score (nSPS) is 19.1. The van der Waals surface area contributed by atoms with E-state index in [1.54, 1.807) is 25.6 Å². The first-order valence-corrected chi connectivity index (χ1v) is 12.1. The number of piperidine rings is 1. The Hall–Kier alpha value is -2.64. The third kappa shape index (κ3) is 4.07. The Morgan fingerprint density at radius 2 is 1.88 bits per heavy atom. The molecule has 0 radical (unpaired) electrons. The number of hydrogen-bond acceptors (Lipinski definition) is 6. The van der Waals surface area contributed by atoms with Gasteiger partial charge < -0.3 is 14.4 Å². The highest BCUT2D eigenvalue weighted by Gasteiger charge is 2.30. The lowest BCUT2D eigenvalue weighted by molar-refractivity contribution is -0.134. The molecule has 0 unspecified atom stereocenters. The van der Waals surface area contributed by atoms with Gasteiger partial charge in [0.15, 0.2) is 11.5 Å². The van der Waals surface area contributed by atoms with Crippen molar-refractivity contribution in [3.05, 3.63) is 52.5 Å². The van der Waals surface area contributed by atoms with Gasteiger partial charge in [0.25, 0.3) is 0 Å². The monoisotopic (exact) mass is 451 g/mol. The number of aromatic nitrogens is 1. The summed E-state index contributed by atoms with van der Waals surface area (Å²) in [6, 6.07) is 12.6. The number of rotatable bonds is 5. The van der Waals surface area contributed by atoms with Crippen LogP contribution in [-0.2, 0) is 17.8 Å². The van der Waals surface area contributed by atoms with E-state index in [-0.39, 0.29) is 11.9 Å². The zero-order chi connectivity index (χ0) is 22.1. The van der Waals surface area contributed by atoms with Crippen molar-refractivity contribution in [1.29, 1.82) is 0 Å². The summed E-state index contributed by atoms with van der Waals surface area (Å²) in [6.07, 6.45) is 4.22. The molecule has 3 aromatic rings. The summed E-state index contributed by atoms with van der Waals surface area (Å²) in [6.45, 7) is 2.75. The Balaban J connectivity index is 1.31. The number of nitrogens with zero attached hydrogens (tertiary/aromatic N) is 3. The van der Waals surface area contributed by atoms with Gasteiger partial charge in [-0.2, -0.15) is 0 Å². The van der Waals surface area contributed by atoms with Crippen LogP contribution in [0.25, 0.3) is 10.2 Å². The Kier molecular flexibility index (Phi) is 6.02. The van der Waals surface area contributed by atoms with Crippen LogP contribution in [0.3, 0.4) is 0 Å². The molecule has 1 aromatic heterocycles. The number of methoxy groups -OCH3 is 2. The van der Waals surface area contributed by atoms with Crippen molar-refractivity contribution in [2.45, 2.75) is 38.3 Å². The van der Waals surface area contributed by atoms with E-state index in [0.29, 0.717) is 18.8 Å². The van der Waals surface area contributed by atoms with Crippen molar-refractivity contribution in [1.82, 2.24) is 14.8 Å². The molecular formula is C25H29N3O3S. The number of likely N-dealkylation sites (tertiary alicyclic amines) is 1. The van der Waals surface area contributed by atoms with E-state index in [1.807, 2.05) is 23.1 Å². The van der Waals surface area contributed by atoms with Gasteiger partial charge in [-0.05, 0) is 61.2 Å². The number of thiazole rings is 1. The highest BCUT2D eigenvalue weighted by atomic mass is 32.1. The van der Waals surface area contributed by atoms with Gasteiger partial charge in [-0.3, -0.25) is 9.69 Å². The Morgan fingerprint density at radius 3 is 2.66 bits per heavy atom. The van der Waals surface area contributed by atoms with Crippen LogP contribution in [-0.4, -0.2) is 54.5 Å². The van der Waals surface area contributed by atoms with E-state index < -0.39 is 0 Å². The molecule has 1 atom stereocenters. The van der Waals surface area contributed by atoms with Crippen LogP contribution >= 0.6 is 11.3 Å². The summed E-state index contributed by atoms with van der Waals surface area (Å²) >= 11 is 1.77. The number of carbonyl (C=O) groups is 1. The first-order chi connectivity index (χ1) is 15.7. The maximum atomic E-state index is 13.3. The molecule has 0 saturated carbocycles. The minimum atomic E-state index is 0.193.